The van der Waals surface area contributed by atoms with Crippen LogP contribution in [0.15, 0.2) is 0 Å². The fraction of sp³-hybridized carbons (Fsp3) is 1.00. The van der Waals surface area contributed by atoms with E-state index < -0.39 is 46.6 Å². The normalized spacial score (nSPS) is 42.9. The maximum Gasteiger partial charge on any atom is 0.267 e. The minimum absolute atomic E-state index is 0.977. The van der Waals surface area contributed by atoms with E-state index in [1.165, 1.54) is 0 Å². The molecule has 1 aliphatic rings. The van der Waals surface area contributed by atoms with E-state index in [9.17, 15) is 13.5 Å². The summed E-state index contributed by atoms with van der Waals surface area (Å²) >= 11 is 0. The minimum Gasteiger partial charge on any atom is -0.388 e. The quantitative estimate of drug-likeness (QED) is 0.317. The molecule has 0 aromatic carbocycles. The molecule has 0 unspecified atom stereocenters. The summed E-state index contributed by atoms with van der Waals surface area (Å²) in [5.74, 6) is -0.977. The smallest absolute Gasteiger partial charge is 0.267 e. The Morgan fingerprint density at radius 1 is 1.00 bits per heavy atom. The van der Waals surface area contributed by atoms with E-state index in [0.29, 0.717) is 0 Å². The van der Waals surface area contributed by atoms with Gasteiger partial charge >= 0.3 is 0 Å². The Balaban J connectivity index is 2.75. The molecule has 5 atom stereocenters. The van der Waals surface area contributed by atoms with Crippen LogP contribution in [-0.2, 0) is 14.9 Å². The van der Waals surface area contributed by atoms with Gasteiger partial charge in [0.2, 0.25) is 0 Å². The summed E-state index contributed by atoms with van der Waals surface area (Å²) in [5.41, 5.74) is 0. The molecule has 9 heteroatoms. The van der Waals surface area contributed by atoms with Crippen LogP contribution in [0.4, 0.5) is 0 Å². The molecule has 1 aliphatic heterocycles. The highest BCUT2D eigenvalue weighted by atomic mass is 32.2. The Hall–Kier alpha value is -0.290. The Bertz CT molecular complexity index is 313. The number of aliphatic hydroxyl groups excluding tert-OH is 4. The minimum atomic E-state index is -4.41. The van der Waals surface area contributed by atoms with Gasteiger partial charge in [-0.15, -0.1) is 0 Å². The third-order valence-electron chi connectivity index (χ3n) is 2.06. The second kappa shape index (κ2) is 4.29. The van der Waals surface area contributed by atoms with E-state index in [0.717, 1.165) is 0 Å². The van der Waals surface area contributed by atoms with Crippen molar-refractivity contribution in [3.8, 4) is 0 Å². The van der Waals surface area contributed by atoms with E-state index in [2.05, 4.69) is 4.74 Å². The Kier molecular flexibility index (Phi) is 3.66. The molecule has 90 valence electrons. The van der Waals surface area contributed by atoms with Crippen LogP contribution in [0.25, 0.3) is 0 Å². The molecule has 0 aromatic heterocycles. The van der Waals surface area contributed by atoms with Crippen molar-refractivity contribution in [3.63, 3.8) is 0 Å². The highest BCUT2D eigenvalue weighted by molar-refractivity contribution is 7.85. The van der Waals surface area contributed by atoms with Crippen molar-refractivity contribution >= 4 is 10.1 Å². The van der Waals surface area contributed by atoms with Gasteiger partial charge in [0, 0.05) is 0 Å². The molecule has 15 heavy (non-hydrogen) atoms. The molecule has 1 saturated heterocycles. The predicted octanol–water partition coefficient (Wildman–Crippen LogP) is -3.33. The first-order chi connectivity index (χ1) is 6.72. The summed E-state index contributed by atoms with van der Waals surface area (Å²) in [6.45, 7) is 0. The lowest BCUT2D eigenvalue weighted by atomic mass is 10.0. The van der Waals surface area contributed by atoms with Gasteiger partial charge in [-0.3, -0.25) is 4.55 Å². The summed E-state index contributed by atoms with van der Waals surface area (Å²) in [6.07, 6.45) is -8.47. The van der Waals surface area contributed by atoms with Gasteiger partial charge in [0.1, 0.15) is 30.2 Å². The number of hydrogen-bond donors (Lipinski definition) is 5. The SMILES string of the molecule is O=S(=O)(O)C[C@@H]1O[C@H](O)[C@H](O)[C@H](O)[C@@H]1O. The zero-order chi connectivity index (χ0) is 11.8. The summed E-state index contributed by atoms with van der Waals surface area (Å²) in [6, 6.07) is 0. The van der Waals surface area contributed by atoms with Crippen LogP contribution in [0, 0.1) is 0 Å². The molecule has 0 bridgehead atoms. The summed E-state index contributed by atoms with van der Waals surface area (Å²) in [5, 5.41) is 36.5. The van der Waals surface area contributed by atoms with Crippen LogP contribution in [0.2, 0.25) is 0 Å². The van der Waals surface area contributed by atoms with Crippen LogP contribution in [-0.4, -0.2) is 69.9 Å². The third-order valence-corrected chi connectivity index (χ3v) is 2.81. The second-order valence-corrected chi connectivity index (χ2v) is 4.78. The lowest BCUT2D eigenvalue weighted by Crippen LogP contribution is -2.59. The van der Waals surface area contributed by atoms with Crippen LogP contribution in [0.1, 0.15) is 0 Å². The lowest BCUT2D eigenvalue weighted by Gasteiger charge is -2.37. The van der Waals surface area contributed by atoms with Crippen molar-refractivity contribution in [3.05, 3.63) is 0 Å². The van der Waals surface area contributed by atoms with Gasteiger partial charge in [-0.1, -0.05) is 0 Å². The summed E-state index contributed by atoms with van der Waals surface area (Å²) < 4.78 is 34.0. The molecule has 0 radical (unpaired) electrons. The van der Waals surface area contributed by atoms with Crippen LogP contribution < -0.4 is 0 Å². The molecule has 5 N–H and O–H groups in total. The Labute approximate surface area is 85.5 Å². The molecule has 0 aliphatic carbocycles. The molecule has 0 amide bonds. The molecule has 1 fully saturated rings. The molecule has 0 aromatic rings. The first-order valence-corrected chi connectivity index (χ1v) is 5.66. The summed E-state index contributed by atoms with van der Waals surface area (Å²) in [4.78, 5) is 0. The summed E-state index contributed by atoms with van der Waals surface area (Å²) in [7, 11) is -4.41. The monoisotopic (exact) mass is 244 g/mol. The van der Waals surface area contributed by atoms with Gasteiger partial charge in [-0.05, 0) is 0 Å². The molecule has 0 spiro atoms. The van der Waals surface area contributed by atoms with Gasteiger partial charge in [-0.2, -0.15) is 8.42 Å². The highest BCUT2D eigenvalue weighted by Crippen LogP contribution is 2.20. The zero-order valence-corrected chi connectivity index (χ0v) is 8.28. The molecule has 1 heterocycles. The molecular weight excluding hydrogens is 232 g/mol. The van der Waals surface area contributed by atoms with Crippen LogP contribution in [0.5, 0.6) is 0 Å². The molecule has 1 rings (SSSR count). The van der Waals surface area contributed by atoms with Crippen LogP contribution >= 0.6 is 0 Å². The van der Waals surface area contributed by atoms with Gasteiger partial charge in [0.15, 0.2) is 6.29 Å². The van der Waals surface area contributed by atoms with Crippen molar-refractivity contribution in [2.24, 2.45) is 0 Å². The average molecular weight is 244 g/mol. The van der Waals surface area contributed by atoms with Gasteiger partial charge in [-0.25, -0.2) is 0 Å². The number of aliphatic hydroxyl groups is 4. The first-order valence-electron chi connectivity index (χ1n) is 4.05. The van der Waals surface area contributed by atoms with E-state index in [1.807, 2.05) is 0 Å². The fourth-order valence-electron chi connectivity index (χ4n) is 1.28. The highest BCUT2D eigenvalue weighted by Gasteiger charge is 2.44. The number of hydrogen-bond acceptors (Lipinski definition) is 7. The predicted molar refractivity (Wildman–Crippen MR) is 45.3 cm³/mol. The standard InChI is InChI=1S/C6H12O8S/c7-3-2(1-15(11,12)13)14-6(10)5(9)4(3)8/h2-10H,1H2,(H,11,12,13)/t2-,3+,4+,5+,6-/m0/s1. The van der Waals surface area contributed by atoms with Crippen molar-refractivity contribution in [2.75, 3.05) is 5.75 Å². The second-order valence-electron chi connectivity index (χ2n) is 3.29. The Morgan fingerprint density at radius 3 is 2.00 bits per heavy atom. The van der Waals surface area contributed by atoms with Gasteiger partial charge in [0.05, 0.1) is 0 Å². The van der Waals surface area contributed by atoms with Crippen molar-refractivity contribution in [1.29, 1.82) is 0 Å². The van der Waals surface area contributed by atoms with E-state index in [4.69, 9.17) is 19.9 Å². The maximum atomic E-state index is 10.5. The Morgan fingerprint density at radius 2 is 1.53 bits per heavy atom. The average Bonchev–Trinajstić information content (AvgIpc) is 2.08. The number of ether oxygens (including phenoxy) is 1. The maximum absolute atomic E-state index is 10.5. The van der Waals surface area contributed by atoms with E-state index >= 15 is 0 Å². The molecule has 8 nitrogen and oxygen atoms in total. The zero-order valence-electron chi connectivity index (χ0n) is 7.46. The topological polar surface area (TPSA) is 145 Å². The first kappa shape index (κ1) is 12.8. The lowest BCUT2D eigenvalue weighted by molar-refractivity contribution is -0.276. The largest absolute Gasteiger partial charge is 0.388 e. The van der Waals surface area contributed by atoms with Crippen molar-refractivity contribution in [2.45, 2.75) is 30.7 Å². The van der Waals surface area contributed by atoms with Crippen LogP contribution in [0.3, 0.4) is 0 Å². The van der Waals surface area contributed by atoms with Gasteiger partial charge < -0.3 is 25.2 Å². The van der Waals surface area contributed by atoms with Crippen molar-refractivity contribution in [1.82, 2.24) is 0 Å². The molecular formula is C6H12O8S. The van der Waals surface area contributed by atoms with E-state index in [1.54, 1.807) is 0 Å². The molecule has 0 saturated carbocycles. The van der Waals surface area contributed by atoms with E-state index in [-0.39, 0.29) is 0 Å². The van der Waals surface area contributed by atoms with Gasteiger partial charge in [0.25, 0.3) is 10.1 Å². The fourth-order valence-corrected chi connectivity index (χ4v) is 1.97. The third kappa shape index (κ3) is 3.08. The number of rotatable bonds is 2. The van der Waals surface area contributed by atoms with Crippen molar-refractivity contribution < 1.29 is 38.1 Å².